The molecule has 0 aliphatic carbocycles. The van der Waals surface area contributed by atoms with Crippen LogP contribution in [-0.4, -0.2) is 46.9 Å². The van der Waals surface area contributed by atoms with Crippen molar-refractivity contribution in [3.05, 3.63) is 30.1 Å². The second-order valence-electron chi connectivity index (χ2n) is 5.27. The number of esters is 1. The molecule has 21 heavy (non-hydrogen) atoms. The van der Waals surface area contributed by atoms with Gasteiger partial charge in [-0.2, -0.15) is 0 Å². The zero-order chi connectivity index (χ0) is 14.8. The number of methoxy groups -OCH3 is 1. The first kappa shape index (κ1) is 13.6. The summed E-state index contributed by atoms with van der Waals surface area (Å²) < 4.78 is 4.70. The Morgan fingerprint density at radius 2 is 2.38 bits per heavy atom. The van der Waals surface area contributed by atoms with Crippen molar-refractivity contribution in [2.45, 2.75) is 12.8 Å². The lowest BCUT2D eigenvalue weighted by Crippen LogP contribution is -2.28. The number of nitrogens with zero attached hydrogens (tertiary/aromatic N) is 2. The van der Waals surface area contributed by atoms with Gasteiger partial charge in [0.1, 0.15) is 0 Å². The number of hydrogen-bond acceptors (Lipinski definition) is 4. The van der Waals surface area contributed by atoms with E-state index in [2.05, 4.69) is 9.97 Å². The maximum atomic E-state index is 11.9. The van der Waals surface area contributed by atoms with Gasteiger partial charge < -0.3 is 14.6 Å². The van der Waals surface area contributed by atoms with E-state index in [1.165, 1.54) is 7.11 Å². The van der Waals surface area contributed by atoms with E-state index < -0.39 is 0 Å². The van der Waals surface area contributed by atoms with Crippen LogP contribution in [0.1, 0.15) is 12.0 Å². The molecule has 1 aromatic heterocycles. The SMILES string of the molecule is COC(=O)C1CC(=O)N(CCc2ccc3nc[nH]c3c2)C1. The topological polar surface area (TPSA) is 75.3 Å². The second-order valence-corrected chi connectivity index (χ2v) is 5.27. The van der Waals surface area contributed by atoms with Crippen LogP contribution in [0.15, 0.2) is 24.5 Å². The Labute approximate surface area is 122 Å². The number of fused-ring (bicyclic) bond motifs is 1. The van der Waals surface area contributed by atoms with Gasteiger partial charge in [-0.25, -0.2) is 4.98 Å². The number of carbonyl (C=O) groups is 2. The number of aromatic nitrogens is 2. The van der Waals surface area contributed by atoms with Gasteiger partial charge in [-0.1, -0.05) is 6.07 Å². The fraction of sp³-hybridized carbons (Fsp3) is 0.400. The Morgan fingerprint density at radius 3 is 3.19 bits per heavy atom. The van der Waals surface area contributed by atoms with Gasteiger partial charge in [-0.3, -0.25) is 9.59 Å². The molecule has 1 amide bonds. The van der Waals surface area contributed by atoms with Crippen molar-refractivity contribution in [3.8, 4) is 0 Å². The molecule has 1 aliphatic rings. The first-order valence-corrected chi connectivity index (χ1v) is 6.95. The van der Waals surface area contributed by atoms with E-state index in [4.69, 9.17) is 4.74 Å². The third kappa shape index (κ3) is 2.74. The summed E-state index contributed by atoms with van der Waals surface area (Å²) in [6, 6.07) is 6.02. The molecule has 1 unspecified atom stereocenters. The Kier molecular flexibility index (Phi) is 3.60. The number of imidazole rings is 1. The van der Waals surface area contributed by atoms with E-state index in [1.807, 2.05) is 18.2 Å². The molecule has 3 rings (SSSR count). The predicted molar refractivity (Wildman–Crippen MR) is 76.5 cm³/mol. The number of likely N-dealkylation sites (tertiary alicyclic amines) is 1. The lowest BCUT2D eigenvalue weighted by Gasteiger charge is -2.16. The summed E-state index contributed by atoms with van der Waals surface area (Å²) in [6.07, 6.45) is 2.68. The van der Waals surface area contributed by atoms with Gasteiger partial charge in [0.05, 0.1) is 30.4 Å². The van der Waals surface area contributed by atoms with Crippen LogP contribution in [0.3, 0.4) is 0 Å². The van der Waals surface area contributed by atoms with Crippen LogP contribution in [0.5, 0.6) is 0 Å². The molecule has 1 fully saturated rings. The number of benzene rings is 1. The first-order valence-electron chi connectivity index (χ1n) is 6.95. The van der Waals surface area contributed by atoms with Crippen LogP contribution in [0.2, 0.25) is 0 Å². The summed E-state index contributed by atoms with van der Waals surface area (Å²) in [4.78, 5) is 32.4. The Hall–Kier alpha value is -2.37. The van der Waals surface area contributed by atoms with Gasteiger partial charge in [0.25, 0.3) is 0 Å². The van der Waals surface area contributed by atoms with Gasteiger partial charge >= 0.3 is 5.97 Å². The molecule has 6 heteroatoms. The molecule has 0 bridgehead atoms. The van der Waals surface area contributed by atoms with Crippen molar-refractivity contribution in [1.29, 1.82) is 0 Å². The quantitative estimate of drug-likeness (QED) is 0.855. The smallest absolute Gasteiger partial charge is 0.310 e. The number of carbonyl (C=O) groups excluding carboxylic acids is 2. The standard InChI is InChI=1S/C15H17N3O3/c1-21-15(20)11-7-14(19)18(8-11)5-4-10-2-3-12-13(6-10)17-9-16-12/h2-3,6,9,11H,4-5,7-8H2,1H3,(H,16,17). The number of aromatic amines is 1. The number of H-pyrrole nitrogens is 1. The Balaban J connectivity index is 1.62. The monoisotopic (exact) mass is 287 g/mol. The fourth-order valence-electron chi connectivity index (χ4n) is 2.72. The summed E-state index contributed by atoms with van der Waals surface area (Å²) in [5, 5.41) is 0. The molecule has 1 aromatic carbocycles. The molecular weight excluding hydrogens is 270 g/mol. The Bertz CT molecular complexity index is 680. The van der Waals surface area contributed by atoms with Gasteiger partial charge in [-0.15, -0.1) is 0 Å². The average molecular weight is 287 g/mol. The zero-order valence-corrected chi connectivity index (χ0v) is 11.8. The molecule has 1 saturated heterocycles. The van der Waals surface area contributed by atoms with Crippen LogP contribution >= 0.6 is 0 Å². The summed E-state index contributed by atoms with van der Waals surface area (Å²) in [5.41, 5.74) is 3.07. The molecule has 0 radical (unpaired) electrons. The number of amides is 1. The summed E-state index contributed by atoms with van der Waals surface area (Å²) in [7, 11) is 1.36. The van der Waals surface area contributed by atoms with E-state index in [0.29, 0.717) is 13.1 Å². The molecule has 2 heterocycles. The van der Waals surface area contributed by atoms with Crippen LogP contribution in [0.25, 0.3) is 11.0 Å². The van der Waals surface area contributed by atoms with Crippen molar-refractivity contribution in [2.24, 2.45) is 5.92 Å². The van der Waals surface area contributed by atoms with E-state index in [-0.39, 0.29) is 24.2 Å². The minimum absolute atomic E-state index is 0.0213. The largest absolute Gasteiger partial charge is 0.469 e. The predicted octanol–water partition coefficient (Wildman–Crippen LogP) is 1.13. The van der Waals surface area contributed by atoms with E-state index in [9.17, 15) is 9.59 Å². The molecule has 6 nitrogen and oxygen atoms in total. The van der Waals surface area contributed by atoms with Crippen LogP contribution < -0.4 is 0 Å². The number of rotatable bonds is 4. The molecule has 1 N–H and O–H groups in total. The van der Waals surface area contributed by atoms with E-state index in [1.54, 1.807) is 11.2 Å². The highest BCUT2D eigenvalue weighted by molar-refractivity contribution is 5.86. The van der Waals surface area contributed by atoms with Crippen molar-refractivity contribution >= 4 is 22.9 Å². The van der Waals surface area contributed by atoms with Crippen LogP contribution in [0, 0.1) is 5.92 Å². The minimum atomic E-state index is -0.322. The second kappa shape index (κ2) is 5.55. The highest BCUT2D eigenvalue weighted by atomic mass is 16.5. The average Bonchev–Trinajstić information content (AvgIpc) is 3.10. The number of hydrogen-bond donors (Lipinski definition) is 1. The maximum absolute atomic E-state index is 11.9. The molecular formula is C15H17N3O3. The summed E-state index contributed by atoms with van der Waals surface area (Å²) >= 11 is 0. The maximum Gasteiger partial charge on any atom is 0.310 e. The molecule has 110 valence electrons. The van der Waals surface area contributed by atoms with Crippen LogP contribution in [-0.2, 0) is 20.7 Å². The first-order chi connectivity index (χ1) is 10.2. The molecule has 0 saturated carbocycles. The van der Waals surface area contributed by atoms with Gasteiger partial charge in [0.2, 0.25) is 5.91 Å². The van der Waals surface area contributed by atoms with Crippen molar-refractivity contribution in [1.82, 2.24) is 14.9 Å². The lowest BCUT2D eigenvalue weighted by molar-refractivity contribution is -0.145. The zero-order valence-electron chi connectivity index (χ0n) is 11.8. The summed E-state index contributed by atoms with van der Waals surface area (Å²) in [6.45, 7) is 1.07. The molecule has 2 aromatic rings. The number of ether oxygens (including phenoxy) is 1. The third-order valence-corrected chi connectivity index (χ3v) is 3.90. The van der Waals surface area contributed by atoms with E-state index in [0.717, 1.165) is 23.0 Å². The fourth-order valence-corrected chi connectivity index (χ4v) is 2.72. The highest BCUT2D eigenvalue weighted by Crippen LogP contribution is 2.20. The van der Waals surface area contributed by atoms with Crippen molar-refractivity contribution < 1.29 is 14.3 Å². The molecule has 1 atom stereocenters. The van der Waals surface area contributed by atoms with Crippen molar-refractivity contribution in [3.63, 3.8) is 0 Å². The summed E-state index contributed by atoms with van der Waals surface area (Å²) in [5.74, 6) is -0.602. The lowest BCUT2D eigenvalue weighted by atomic mass is 10.1. The van der Waals surface area contributed by atoms with Gasteiger partial charge in [0.15, 0.2) is 0 Å². The molecule has 0 spiro atoms. The minimum Gasteiger partial charge on any atom is -0.469 e. The normalized spacial score (nSPS) is 18.4. The van der Waals surface area contributed by atoms with Gasteiger partial charge in [-0.05, 0) is 24.1 Å². The van der Waals surface area contributed by atoms with E-state index >= 15 is 0 Å². The van der Waals surface area contributed by atoms with Crippen LogP contribution in [0.4, 0.5) is 0 Å². The van der Waals surface area contributed by atoms with Gasteiger partial charge in [0, 0.05) is 19.5 Å². The highest BCUT2D eigenvalue weighted by Gasteiger charge is 2.34. The van der Waals surface area contributed by atoms with Crippen molar-refractivity contribution in [2.75, 3.05) is 20.2 Å². The third-order valence-electron chi connectivity index (χ3n) is 3.90. The Morgan fingerprint density at radius 1 is 1.52 bits per heavy atom. The number of nitrogens with one attached hydrogen (secondary N) is 1. The molecule has 1 aliphatic heterocycles.